The SMILES string of the molecule is O=C(CN1CCC(C(=O)N/N=C/c2ccccc2)CC1)N/N=C/c1ccccc1. The molecule has 0 atom stereocenters. The minimum absolute atomic E-state index is 0.0752. The lowest BCUT2D eigenvalue weighted by atomic mass is 9.96. The summed E-state index contributed by atoms with van der Waals surface area (Å²) in [6.45, 7) is 1.65. The molecule has 0 radical (unpaired) electrons. The average molecular weight is 391 g/mol. The number of amides is 2. The zero-order valence-corrected chi connectivity index (χ0v) is 16.2. The summed E-state index contributed by atoms with van der Waals surface area (Å²) in [7, 11) is 0. The molecule has 0 spiro atoms. The number of benzene rings is 2. The maximum Gasteiger partial charge on any atom is 0.254 e. The van der Waals surface area contributed by atoms with E-state index in [1.807, 2.05) is 65.6 Å². The molecule has 2 N–H and O–H groups in total. The molecule has 29 heavy (non-hydrogen) atoms. The van der Waals surface area contributed by atoms with Crippen molar-refractivity contribution >= 4 is 24.2 Å². The van der Waals surface area contributed by atoms with E-state index in [9.17, 15) is 9.59 Å². The van der Waals surface area contributed by atoms with Crippen LogP contribution in [-0.2, 0) is 9.59 Å². The normalized spacial score (nSPS) is 15.6. The van der Waals surface area contributed by atoms with Gasteiger partial charge in [0.2, 0.25) is 5.91 Å². The fraction of sp³-hybridized carbons (Fsp3) is 0.273. The van der Waals surface area contributed by atoms with Gasteiger partial charge in [0.1, 0.15) is 0 Å². The highest BCUT2D eigenvalue weighted by Crippen LogP contribution is 2.17. The third-order valence-corrected chi connectivity index (χ3v) is 4.72. The Kier molecular flexibility index (Phi) is 7.65. The van der Waals surface area contributed by atoms with Crippen molar-refractivity contribution in [1.82, 2.24) is 15.8 Å². The molecule has 150 valence electrons. The highest BCUT2D eigenvalue weighted by molar-refractivity contribution is 5.84. The van der Waals surface area contributed by atoms with Gasteiger partial charge in [0.25, 0.3) is 5.91 Å². The summed E-state index contributed by atoms with van der Waals surface area (Å²) in [5, 5.41) is 8.00. The van der Waals surface area contributed by atoms with Gasteiger partial charge in [0.05, 0.1) is 19.0 Å². The van der Waals surface area contributed by atoms with Crippen molar-refractivity contribution in [3.05, 3.63) is 71.8 Å². The third kappa shape index (κ3) is 6.97. The Balaban J connectivity index is 1.35. The van der Waals surface area contributed by atoms with Gasteiger partial charge < -0.3 is 0 Å². The summed E-state index contributed by atoms with van der Waals surface area (Å²) in [6.07, 6.45) is 4.65. The molecule has 1 aliphatic rings. The predicted octanol–water partition coefficient (Wildman–Crippen LogP) is 2.00. The van der Waals surface area contributed by atoms with E-state index in [2.05, 4.69) is 21.1 Å². The smallest absolute Gasteiger partial charge is 0.254 e. The predicted molar refractivity (Wildman–Crippen MR) is 114 cm³/mol. The first-order valence-electron chi connectivity index (χ1n) is 9.68. The van der Waals surface area contributed by atoms with Crippen molar-refractivity contribution in [2.24, 2.45) is 16.1 Å². The second kappa shape index (κ2) is 10.9. The lowest BCUT2D eigenvalue weighted by Crippen LogP contribution is -2.43. The quantitative estimate of drug-likeness (QED) is 0.559. The Morgan fingerprint density at radius 2 is 1.38 bits per heavy atom. The topological polar surface area (TPSA) is 86.2 Å². The van der Waals surface area contributed by atoms with Crippen molar-refractivity contribution in [3.8, 4) is 0 Å². The van der Waals surface area contributed by atoms with E-state index in [-0.39, 0.29) is 24.3 Å². The number of hydrogen-bond acceptors (Lipinski definition) is 5. The van der Waals surface area contributed by atoms with Crippen molar-refractivity contribution in [2.45, 2.75) is 12.8 Å². The molecule has 7 heteroatoms. The fourth-order valence-electron chi connectivity index (χ4n) is 3.11. The summed E-state index contributed by atoms with van der Waals surface area (Å²) in [6, 6.07) is 19.2. The molecule has 0 saturated carbocycles. The lowest BCUT2D eigenvalue weighted by molar-refractivity contribution is -0.126. The number of rotatable bonds is 7. The van der Waals surface area contributed by atoms with Gasteiger partial charge in [0.15, 0.2) is 0 Å². The first-order valence-corrected chi connectivity index (χ1v) is 9.68. The van der Waals surface area contributed by atoms with E-state index in [4.69, 9.17) is 0 Å². The molecule has 2 aromatic rings. The fourth-order valence-corrected chi connectivity index (χ4v) is 3.11. The minimum atomic E-state index is -0.160. The zero-order chi connectivity index (χ0) is 20.3. The highest BCUT2D eigenvalue weighted by atomic mass is 16.2. The summed E-state index contributed by atoms with van der Waals surface area (Å²) in [4.78, 5) is 26.3. The lowest BCUT2D eigenvalue weighted by Gasteiger charge is -2.30. The molecule has 0 bridgehead atoms. The van der Waals surface area contributed by atoms with Crippen molar-refractivity contribution in [1.29, 1.82) is 0 Å². The Morgan fingerprint density at radius 3 is 1.93 bits per heavy atom. The third-order valence-electron chi connectivity index (χ3n) is 4.72. The molecular weight excluding hydrogens is 366 g/mol. The summed E-state index contributed by atoms with van der Waals surface area (Å²) in [5.74, 6) is -0.320. The minimum Gasteiger partial charge on any atom is -0.294 e. The molecule has 3 rings (SSSR count). The molecule has 1 aliphatic heterocycles. The maximum atomic E-state index is 12.3. The van der Waals surface area contributed by atoms with Crippen LogP contribution < -0.4 is 10.9 Å². The Bertz CT molecular complexity index is 844. The monoisotopic (exact) mass is 391 g/mol. The molecule has 1 heterocycles. The van der Waals surface area contributed by atoms with Crippen LogP contribution in [0.25, 0.3) is 0 Å². The number of carbonyl (C=O) groups is 2. The van der Waals surface area contributed by atoms with Gasteiger partial charge in [-0.1, -0.05) is 60.7 Å². The Morgan fingerprint density at radius 1 is 0.862 bits per heavy atom. The number of nitrogens with zero attached hydrogens (tertiary/aromatic N) is 3. The van der Waals surface area contributed by atoms with Crippen LogP contribution in [0, 0.1) is 5.92 Å². The molecule has 2 aromatic carbocycles. The molecule has 2 amide bonds. The van der Waals surface area contributed by atoms with E-state index in [1.165, 1.54) is 0 Å². The Labute approximate surface area is 170 Å². The highest BCUT2D eigenvalue weighted by Gasteiger charge is 2.25. The maximum absolute atomic E-state index is 12.3. The van der Waals surface area contributed by atoms with E-state index in [0.717, 1.165) is 11.1 Å². The van der Waals surface area contributed by atoms with E-state index in [1.54, 1.807) is 12.4 Å². The van der Waals surface area contributed by atoms with Gasteiger partial charge in [0, 0.05) is 5.92 Å². The van der Waals surface area contributed by atoms with Crippen molar-refractivity contribution < 1.29 is 9.59 Å². The molecule has 1 fully saturated rings. The van der Waals surface area contributed by atoms with Gasteiger partial charge in [-0.2, -0.15) is 10.2 Å². The largest absolute Gasteiger partial charge is 0.294 e. The molecule has 7 nitrogen and oxygen atoms in total. The van der Waals surface area contributed by atoms with Gasteiger partial charge >= 0.3 is 0 Å². The van der Waals surface area contributed by atoms with Gasteiger partial charge in [-0.25, -0.2) is 10.9 Å². The summed E-state index contributed by atoms with van der Waals surface area (Å²) >= 11 is 0. The first-order chi connectivity index (χ1) is 14.2. The molecule has 0 aliphatic carbocycles. The molecule has 0 aromatic heterocycles. The molecular formula is C22H25N5O2. The molecule has 0 unspecified atom stereocenters. The zero-order valence-electron chi connectivity index (χ0n) is 16.2. The first kappa shape index (κ1) is 20.4. The van der Waals surface area contributed by atoms with Crippen LogP contribution in [0.15, 0.2) is 70.9 Å². The van der Waals surface area contributed by atoms with Gasteiger partial charge in [-0.05, 0) is 37.1 Å². The number of nitrogens with one attached hydrogen (secondary N) is 2. The van der Waals surface area contributed by atoms with Crippen molar-refractivity contribution in [3.63, 3.8) is 0 Å². The van der Waals surface area contributed by atoms with E-state index in [0.29, 0.717) is 25.9 Å². The number of carbonyl (C=O) groups excluding carboxylic acids is 2. The second-order valence-electron chi connectivity index (χ2n) is 6.90. The summed E-state index contributed by atoms with van der Waals surface area (Å²) < 4.78 is 0. The van der Waals surface area contributed by atoms with Gasteiger partial charge in [-0.15, -0.1) is 0 Å². The average Bonchev–Trinajstić information content (AvgIpc) is 2.76. The van der Waals surface area contributed by atoms with Crippen LogP contribution in [0.4, 0.5) is 0 Å². The van der Waals surface area contributed by atoms with Crippen LogP contribution in [0.5, 0.6) is 0 Å². The number of likely N-dealkylation sites (tertiary alicyclic amines) is 1. The Hall–Kier alpha value is -3.32. The van der Waals surface area contributed by atoms with E-state index < -0.39 is 0 Å². The van der Waals surface area contributed by atoms with Crippen LogP contribution in [0.1, 0.15) is 24.0 Å². The van der Waals surface area contributed by atoms with Crippen LogP contribution >= 0.6 is 0 Å². The van der Waals surface area contributed by atoms with Crippen molar-refractivity contribution in [2.75, 3.05) is 19.6 Å². The number of hydrazone groups is 2. The number of hydrogen-bond donors (Lipinski definition) is 2. The van der Waals surface area contributed by atoms with E-state index >= 15 is 0 Å². The van der Waals surface area contributed by atoms with Gasteiger partial charge in [-0.3, -0.25) is 14.5 Å². The second-order valence-corrected chi connectivity index (χ2v) is 6.90. The standard InChI is InChI=1S/C22H25N5O2/c28-21(25-23-15-18-7-3-1-4-8-18)17-27-13-11-20(12-14-27)22(29)26-24-16-19-9-5-2-6-10-19/h1-10,15-16,20H,11-14,17H2,(H,25,28)(H,26,29)/b23-15+,24-16+. The van der Waals surface area contributed by atoms with Crippen LogP contribution in [0.3, 0.4) is 0 Å². The summed E-state index contributed by atoms with van der Waals surface area (Å²) in [5.41, 5.74) is 7.02. The molecule has 1 saturated heterocycles. The van der Waals surface area contributed by atoms with Crippen LogP contribution in [0.2, 0.25) is 0 Å². The van der Waals surface area contributed by atoms with Crippen LogP contribution in [-0.4, -0.2) is 48.8 Å². The number of piperidine rings is 1.